The Morgan fingerprint density at radius 1 is 1.00 bits per heavy atom. The monoisotopic (exact) mass is 261 g/mol. The lowest BCUT2D eigenvalue weighted by Crippen LogP contribution is -2.43. The van der Waals surface area contributed by atoms with Crippen molar-refractivity contribution < 1.29 is 4.79 Å². The normalized spacial score (nSPS) is 31.0. The molecule has 0 unspecified atom stereocenters. The lowest BCUT2D eigenvalue weighted by atomic mass is 9.99. The van der Waals surface area contributed by atoms with Crippen LogP contribution in [0.4, 0.5) is 0 Å². The van der Waals surface area contributed by atoms with E-state index in [0.717, 1.165) is 21.8 Å². The second-order valence-electron chi connectivity index (χ2n) is 5.51. The predicted molar refractivity (Wildman–Crippen MR) is 78.3 cm³/mol. The van der Waals surface area contributed by atoms with Gasteiger partial charge in [0.2, 0.25) is 5.78 Å². The summed E-state index contributed by atoms with van der Waals surface area (Å²) in [7, 11) is 0.379. The first-order valence-corrected chi connectivity index (χ1v) is 8.63. The molecular weight excluding hydrogens is 240 g/mol. The van der Waals surface area contributed by atoms with E-state index in [1.807, 2.05) is 30.3 Å². The van der Waals surface area contributed by atoms with Crippen molar-refractivity contribution in [1.82, 2.24) is 0 Å². The van der Waals surface area contributed by atoms with Crippen LogP contribution in [0.5, 0.6) is 0 Å². The molecule has 0 spiro atoms. The molecule has 3 rings (SSSR count). The Bertz CT molecular complexity index is 392. The molecule has 1 aromatic carbocycles. The zero-order chi connectivity index (χ0) is 12.4. The van der Waals surface area contributed by atoms with E-state index in [1.165, 1.54) is 38.5 Å². The molecule has 0 radical (unpaired) electrons. The van der Waals surface area contributed by atoms with E-state index < -0.39 is 0 Å². The zero-order valence-corrected chi connectivity index (χ0v) is 11.6. The highest BCUT2D eigenvalue weighted by Gasteiger charge is 2.45. The van der Waals surface area contributed by atoms with Crippen molar-refractivity contribution in [2.75, 3.05) is 5.75 Å². The number of fused-ring (bicyclic) bond motifs is 2. The number of Topliss-reactive ketones (excluding diaryl/α,β-unsaturated/α-hetero) is 1. The minimum Gasteiger partial charge on any atom is -0.289 e. The van der Waals surface area contributed by atoms with Gasteiger partial charge in [0.05, 0.1) is 0 Å². The second kappa shape index (κ2) is 5.48. The molecule has 2 aliphatic rings. The molecule has 2 saturated heterocycles. The first-order chi connectivity index (χ1) is 8.84. The average molecular weight is 261 g/mol. The summed E-state index contributed by atoms with van der Waals surface area (Å²) in [6, 6.07) is 9.85. The molecule has 0 saturated carbocycles. The summed E-state index contributed by atoms with van der Waals surface area (Å²) in [5.74, 6) is 1.19. The number of hydrogen-bond acceptors (Lipinski definition) is 1. The van der Waals surface area contributed by atoms with Crippen LogP contribution >= 0.6 is 0 Å². The summed E-state index contributed by atoms with van der Waals surface area (Å²) >= 11 is 0. The fraction of sp³-hybridized carbons (Fsp3) is 0.562. The average Bonchev–Trinajstić information content (AvgIpc) is 2.39. The predicted octanol–water partition coefficient (Wildman–Crippen LogP) is 3.59. The molecule has 2 fully saturated rings. The summed E-state index contributed by atoms with van der Waals surface area (Å²) in [6.07, 6.45) is 8.31. The summed E-state index contributed by atoms with van der Waals surface area (Å²) < 4.78 is 0. The van der Waals surface area contributed by atoms with Crippen LogP contribution in [0.3, 0.4) is 0 Å². The Kier molecular flexibility index (Phi) is 3.74. The van der Waals surface area contributed by atoms with Gasteiger partial charge in [-0.1, -0.05) is 30.3 Å². The summed E-state index contributed by atoms with van der Waals surface area (Å²) in [4.78, 5) is 12.4. The van der Waals surface area contributed by atoms with Crippen LogP contribution in [0.1, 0.15) is 48.9 Å². The molecule has 2 bridgehead atoms. The van der Waals surface area contributed by atoms with Gasteiger partial charge < -0.3 is 0 Å². The fourth-order valence-electron chi connectivity index (χ4n) is 3.41. The summed E-state index contributed by atoms with van der Waals surface area (Å²) in [6.45, 7) is 0. The quantitative estimate of drug-likeness (QED) is 0.600. The molecule has 2 aliphatic heterocycles. The molecule has 96 valence electrons. The van der Waals surface area contributed by atoms with Crippen LogP contribution in [0.2, 0.25) is 0 Å². The maximum Gasteiger partial charge on any atom is 0.211 e. The van der Waals surface area contributed by atoms with E-state index in [-0.39, 0.29) is 0 Å². The third-order valence-electron chi connectivity index (χ3n) is 4.35. The SMILES string of the molecule is O=C(C[S+]1C2CCCC1CCC2)c1ccccc1. The largest absolute Gasteiger partial charge is 0.289 e. The zero-order valence-electron chi connectivity index (χ0n) is 10.8. The molecule has 0 aliphatic carbocycles. The van der Waals surface area contributed by atoms with E-state index >= 15 is 0 Å². The Morgan fingerprint density at radius 2 is 1.56 bits per heavy atom. The number of ketones is 1. The minimum absolute atomic E-state index is 0.373. The van der Waals surface area contributed by atoms with Gasteiger partial charge in [-0.3, -0.25) is 4.79 Å². The lowest BCUT2D eigenvalue weighted by Gasteiger charge is -2.34. The van der Waals surface area contributed by atoms with Gasteiger partial charge in [-0.05, 0) is 38.5 Å². The van der Waals surface area contributed by atoms with E-state index in [1.54, 1.807) is 0 Å². The molecule has 0 atom stereocenters. The Labute approximate surface area is 112 Å². The van der Waals surface area contributed by atoms with Crippen LogP contribution in [-0.4, -0.2) is 22.0 Å². The van der Waals surface area contributed by atoms with E-state index in [0.29, 0.717) is 16.7 Å². The summed E-state index contributed by atoms with van der Waals surface area (Å²) in [5, 5.41) is 1.73. The first kappa shape index (κ1) is 12.3. The van der Waals surface area contributed by atoms with Crippen molar-refractivity contribution in [3.63, 3.8) is 0 Å². The van der Waals surface area contributed by atoms with Crippen molar-refractivity contribution in [1.29, 1.82) is 0 Å². The minimum atomic E-state index is 0.373. The van der Waals surface area contributed by atoms with Crippen molar-refractivity contribution >= 4 is 16.7 Å². The molecule has 2 heteroatoms. The number of benzene rings is 1. The molecule has 18 heavy (non-hydrogen) atoms. The molecule has 0 N–H and O–H groups in total. The van der Waals surface area contributed by atoms with Gasteiger partial charge in [0, 0.05) is 16.5 Å². The third-order valence-corrected chi connectivity index (χ3v) is 7.61. The number of carbonyl (C=O) groups is 1. The first-order valence-electron chi connectivity index (χ1n) is 7.11. The van der Waals surface area contributed by atoms with Crippen molar-refractivity contribution in [3.05, 3.63) is 35.9 Å². The molecular formula is C16H21OS+. The smallest absolute Gasteiger partial charge is 0.211 e. The van der Waals surface area contributed by atoms with Gasteiger partial charge in [0.15, 0.2) is 5.75 Å². The Hall–Kier alpha value is -0.760. The highest BCUT2D eigenvalue weighted by molar-refractivity contribution is 7.98. The second-order valence-corrected chi connectivity index (χ2v) is 8.07. The van der Waals surface area contributed by atoms with E-state index in [4.69, 9.17) is 0 Å². The highest BCUT2D eigenvalue weighted by Crippen LogP contribution is 2.38. The number of rotatable bonds is 3. The molecule has 0 aromatic heterocycles. The van der Waals surface area contributed by atoms with Crippen molar-refractivity contribution in [2.45, 2.75) is 49.0 Å². The van der Waals surface area contributed by atoms with Gasteiger partial charge in [-0.15, -0.1) is 0 Å². The van der Waals surface area contributed by atoms with Crippen LogP contribution in [-0.2, 0) is 10.9 Å². The van der Waals surface area contributed by atoms with Crippen molar-refractivity contribution in [2.24, 2.45) is 0 Å². The fourth-order valence-corrected chi connectivity index (χ4v) is 6.77. The van der Waals surface area contributed by atoms with Crippen LogP contribution in [0, 0.1) is 0 Å². The summed E-state index contributed by atoms with van der Waals surface area (Å²) in [5.41, 5.74) is 0.911. The van der Waals surface area contributed by atoms with E-state index in [9.17, 15) is 4.79 Å². The van der Waals surface area contributed by atoms with Crippen LogP contribution in [0.15, 0.2) is 30.3 Å². The van der Waals surface area contributed by atoms with Gasteiger partial charge in [0.1, 0.15) is 10.5 Å². The van der Waals surface area contributed by atoms with Gasteiger partial charge in [-0.2, -0.15) is 0 Å². The third kappa shape index (κ3) is 2.49. The van der Waals surface area contributed by atoms with Crippen LogP contribution in [0.25, 0.3) is 0 Å². The maximum atomic E-state index is 12.4. The highest BCUT2D eigenvalue weighted by atomic mass is 32.2. The van der Waals surface area contributed by atoms with Crippen LogP contribution < -0.4 is 0 Å². The molecule has 0 amide bonds. The van der Waals surface area contributed by atoms with Gasteiger partial charge in [0.25, 0.3) is 0 Å². The standard InChI is InChI=1S/C16H21OS/c17-16(13-6-2-1-3-7-13)12-18-14-8-4-9-15(18)11-5-10-14/h1-3,6-7,14-15H,4-5,8-12H2/q+1. The molecule has 1 aromatic rings. The lowest BCUT2D eigenvalue weighted by molar-refractivity contribution is 0.102. The van der Waals surface area contributed by atoms with E-state index in [2.05, 4.69) is 0 Å². The Balaban J connectivity index is 1.70. The van der Waals surface area contributed by atoms with Gasteiger partial charge >= 0.3 is 0 Å². The maximum absolute atomic E-state index is 12.4. The molecule has 2 heterocycles. The molecule has 1 nitrogen and oxygen atoms in total. The Morgan fingerprint density at radius 3 is 2.11 bits per heavy atom. The van der Waals surface area contributed by atoms with Crippen molar-refractivity contribution in [3.8, 4) is 0 Å². The van der Waals surface area contributed by atoms with Gasteiger partial charge in [-0.25, -0.2) is 0 Å². The number of carbonyl (C=O) groups excluding carboxylic acids is 1. The number of hydrogen-bond donors (Lipinski definition) is 0. The topological polar surface area (TPSA) is 17.1 Å².